The molecule has 0 heterocycles. The van der Waals surface area contributed by atoms with Gasteiger partial charge < -0.3 is 20.4 Å². The van der Waals surface area contributed by atoms with Gasteiger partial charge in [0, 0.05) is 6.42 Å². The molecule has 0 aromatic rings. The summed E-state index contributed by atoms with van der Waals surface area (Å²) in [5.41, 5.74) is 0. The molecule has 0 aromatic heterocycles. The zero-order valence-electron chi connectivity index (χ0n) is 6.90. The molecule has 5 nitrogen and oxygen atoms in total. The Morgan fingerprint density at radius 1 is 1.50 bits per heavy atom. The van der Waals surface area contributed by atoms with E-state index < -0.39 is 24.3 Å². The first-order valence-electron chi connectivity index (χ1n) is 3.67. The van der Waals surface area contributed by atoms with Crippen LogP contribution < -0.4 is 0 Å². The van der Waals surface area contributed by atoms with Gasteiger partial charge in [-0.3, -0.25) is 4.79 Å². The Balaban J connectivity index is 3.75. The number of hydrogen-bond acceptors (Lipinski definition) is 4. The van der Waals surface area contributed by atoms with Crippen molar-refractivity contribution in [3.8, 4) is 0 Å². The van der Waals surface area contributed by atoms with Crippen LogP contribution in [0.4, 0.5) is 0 Å². The average molecular weight is 178 g/mol. The number of hydrogen-bond donors (Lipinski definition) is 4. The smallest absolute Gasteiger partial charge is 0.306 e. The number of aliphatic hydroxyl groups is 3. The third-order valence-corrected chi connectivity index (χ3v) is 1.65. The van der Waals surface area contributed by atoms with Crippen molar-refractivity contribution < 1.29 is 25.2 Å². The highest BCUT2D eigenvalue weighted by molar-refractivity contribution is 5.69. The van der Waals surface area contributed by atoms with Gasteiger partial charge >= 0.3 is 5.97 Å². The van der Waals surface area contributed by atoms with E-state index in [0.29, 0.717) is 0 Å². The van der Waals surface area contributed by atoms with Crippen molar-refractivity contribution in [2.75, 3.05) is 6.61 Å². The molecule has 5 heteroatoms. The molecule has 0 fully saturated rings. The van der Waals surface area contributed by atoms with Crippen LogP contribution >= 0.6 is 0 Å². The number of carbonyl (C=O) groups is 1. The topological polar surface area (TPSA) is 98.0 Å². The molecule has 0 aliphatic rings. The van der Waals surface area contributed by atoms with Gasteiger partial charge in [-0.05, 0) is 6.42 Å². The van der Waals surface area contributed by atoms with Crippen LogP contribution in [0.1, 0.15) is 19.8 Å². The molecule has 0 saturated heterocycles. The molecule has 0 aliphatic carbocycles. The second-order valence-electron chi connectivity index (χ2n) is 2.92. The Morgan fingerprint density at radius 2 is 2.00 bits per heavy atom. The fraction of sp³-hybridized carbons (Fsp3) is 0.857. The van der Waals surface area contributed by atoms with Crippen LogP contribution in [-0.2, 0) is 4.79 Å². The lowest BCUT2D eigenvalue weighted by Crippen LogP contribution is -2.33. The third-order valence-electron chi connectivity index (χ3n) is 1.65. The number of aliphatic carboxylic acids is 1. The zero-order chi connectivity index (χ0) is 9.78. The Labute approximate surface area is 70.3 Å². The highest BCUT2D eigenvalue weighted by atomic mass is 16.5. The summed E-state index contributed by atoms with van der Waals surface area (Å²) in [5.74, 6) is -3.76. The quantitative estimate of drug-likeness (QED) is 0.411. The largest absolute Gasteiger partial charge is 0.481 e. The number of carboxylic acids is 1. The van der Waals surface area contributed by atoms with E-state index >= 15 is 0 Å². The summed E-state index contributed by atoms with van der Waals surface area (Å²) in [7, 11) is 0. The summed E-state index contributed by atoms with van der Waals surface area (Å²) in [6.07, 6.45) is -0.0140. The first kappa shape index (κ1) is 11.4. The van der Waals surface area contributed by atoms with Gasteiger partial charge in [0.1, 0.15) is 0 Å². The van der Waals surface area contributed by atoms with Gasteiger partial charge in [-0.25, -0.2) is 0 Å². The predicted octanol–water partition coefficient (Wildman–Crippen LogP) is -0.840. The van der Waals surface area contributed by atoms with E-state index in [-0.39, 0.29) is 12.8 Å². The molecule has 0 radical (unpaired) electrons. The number of rotatable bonds is 5. The SMILES string of the molecule is CC(CCC(O)(O)CO)C(=O)O. The normalized spacial score (nSPS) is 14.3. The molecule has 72 valence electrons. The van der Waals surface area contributed by atoms with Crippen molar-refractivity contribution in [3.05, 3.63) is 0 Å². The van der Waals surface area contributed by atoms with Crippen molar-refractivity contribution in [2.24, 2.45) is 5.92 Å². The van der Waals surface area contributed by atoms with Crippen LogP contribution in [0.3, 0.4) is 0 Å². The van der Waals surface area contributed by atoms with E-state index in [4.69, 9.17) is 20.4 Å². The van der Waals surface area contributed by atoms with Crippen LogP contribution in [0.25, 0.3) is 0 Å². The highest BCUT2D eigenvalue weighted by Crippen LogP contribution is 2.13. The minimum absolute atomic E-state index is 0.128. The van der Waals surface area contributed by atoms with Gasteiger partial charge in [0.25, 0.3) is 0 Å². The summed E-state index contributed by atoms with van der Waals surface area (Å²) in [4.78, 5) is 10.3. The maximum atomic E-state index is 10.3. The molecule has 0 aromatic carbocycles. The second kappa shape index (κ2) is 4.39. The summed E-state index contributed by atoms with van der Waals surface area (Å²) in [6.45, 7) is 0.690. The molecule has 12 heavy (non-hydrogen) atoms. The molecule has 4 N–H and O–H groups in total. The zero-order valence-corrected chi connectivity index (χ0v) is 6.90. The van der Waals surface area contributed by atoms with Gasteiger partial charge in [0.05, 0.1) is 12.5 Å². The minimum atomic E-state index is -2.15. The van der Waals surface area contributed by atoms with Crippen LogP contribution in [0, 0.1) is 5.92 Å². The molecule has 0 rings (SSSR count). The fourth-order valence-corrected chi connectivity index (χ4v) is 0.650. The molecular weight excluding hydrogens is 164 g/mol. The van der Waals surface area contributed by atoms with Crippen molar-refractivity contribution in [2.45, 2.75) is 25.6 Å². The first-order chi connectivity index (χ1) is 5.39. The summed E-state index contributed by atoms with van der Waals surface area (Å²) >= 11 is 0. The van der Waals surface area contributed by atoms with Crippen LogP contribution in [0.5, 0.6) is 0 Å². The highest BCUT2D eigenvalue weighted by Gasteiger charge is 2.23. The van der Waals surface area contributed by atoms with E-state index in [9.17, 15) is 4.79 Å². The maximum Gasteiger partial charge on any atom is 0.306 e. The van der Waals surface area contributed by atoms with E-state index in [1.807, 2.05) is 0 Å². The van der Waals surface area contributed by atoms with Gasteiger partial charge in [0.15, 0.2) is 5.79 Å². The Kier molecular flexibility index (Phi) is 4.16. The third kappa shape index (κ3) is 4.27. The van der Waals surface area contributed by atoms with Gasteiger partial charge in [0.2, 0.25) is 0 Å². The molecular formula is C7H14O5. The summed E-state index contributed by atoms with van der Waals surface area (Å²) in [5, 5.41) is 34.6. The minimum Gasteiger partial charge on any atom is -0.481 e. The fourth-order valence-electron chi connectivity index (χ4n) is 0.650. The lowest BCUT2D eigenvalue weighted by Gasteiger charge is -2.19. The number of aliphatic hydroxyl groups excluding tert-OH is 1. The summed E-state index contributed by atoms with van der Waals surface area (Å²) in [6, 6.07) is 0. The average Bonchev–Trinajstić information content (AvgIpc) is 2.00. The second-order valence-corrected chi connectivity index (χ2v) is 2.92. The molecule has 0 amide bonds. The molecule has 0 saturated carbocycles. The van der Waals surface area contributed by atoms with E-state index in [1.54, 1.807) is 0 Å². The molecule has 0 bridgehead atoms. The van der Waals surface area contributed by atoms with E-state index in [1.165, 1.54) is 6.92 Å². The van der Waals surface area contributed by atoms with Gasteiger partial charge in [-0.15, -0.1) is 0 Å². The number of carboxylic acid groups (broad SMARTS) is 1. The van der Waals surface area contributed by atoms with Crippen molar-refractivity contribution in [1.29, 1.82) is 0 Å². The van der Waals surface area contributed by atoms with Crippen molar-refractivity contribution in [1.82, 2.24) is 0 Å². The monoisotopic (exact) mass is 178 g/mol. The van der Waals surface area contributed by atoms with Gasteiger partial charge in [-0.2, -0.15) is 0 Å². The van der Waals surface area contributed by atoms with Crippen LogP contribution in [-0.4, -0.2) is 38.8 Å². The van der Waals surface area contributed by atoms with Crippen LogP contribution in [0.2, 0.25) is 0 Å². The van der Waals surface area contributed by atoms with E-state index in [0.717, 1.165) is 0 Å². The van der Waals surface area contributed by atoms with E-state index in [2.05, 4.69) is 0 Å². The van der Waals surface area contributed by atoms with Crippen molar-refractivity contribution in [3.63, 3.8) is 0 Å². The lowest BCUT2D eigenvalue weighted by molar-refractivity contribution is -0.193. The Hall–Kier alpha value is -0.650. The first-order valence-corrected chi connectivity index (χ1v) is 3.67. The Morgan fingerprint density at radius 3 is 2.33 bits per heavy atom. The summed E-state index contributed by atoms with van der Waals surface area (Å²) < 4.78 is 0. The van der Waals surface area contributed by atoms with Crippen LogP contribution in [0.15, 0.2) is 0 Å². The standard InChI is InChI=1S/C7H14O5/c1-5(6(9)10)2-3-7(11,12)4-8/h5,8,11-12H,2-4H2,1H3,(H,9,10). The predicted molar refractivity (Wildman–Crippen MR) is 40.3 cm³/mol. The lowest BCUT2D eigenvalue weighted by atomic mass is 10.0. The molecule has 1 unspecified atom stereocenters. The van der Waals surface area contributed by atoms with Gasteiger partial charge in [-0.1, -0.05) is 6.92 Å². The van der Waals surface area contributed by atoms with Crippen molar-refractivity contribution >= 4 is 5.97 Å². The molecule has 0 spiro atoms. The molecule has 0 aliphatic heterocycles. The molecule has 1 atom stereocenters. The maximum absolute atomic E-state index is 10.3. The Bertz CT molecular complexity index is 154.